The van der Waals surface area contributed by atoms with Crippen LogP contribution in [-0.2, 0) is 32.0 Å². The van der Waals surface area contributed by atoms with Crippen LogP contribution in [-0.4, -0.2) is 101 Å². The van der Waals surface area contributed by atoms with Crippen LogP contribution in [0.5, 0.6) is 0 Å². The molecular weight excluding hydrogens is 622 g/mol. The second kappa shape index (κ2) is 12.3. The van der Waals surface area contributed by atoms with E-state index in [2.05, 4.69) is 28.3 Å². The van der Waals surface area contributed by atoms with Gasteiger partial charge in [0.15, 0.2) is 30.4 Å². The van der Waals surface area contributed by atoms with E-state index in [-0.39, 0.29) is 11.2 Å². The number of aliphatic hydroxyl groups excluding tert-OH is 4. The fourth-order valence-corrected chi connectivity index (χ4v) is 6.54. The van der Waals surface area contributed by atoms with Crippen LogP contribution in [0.2, 0.25) is 0 Å². The van der Waals surface area contributed by atoms with Gasteiger partial charge in [0.25, 0.3) is 20.0 Å². The minimum atomic E-state index is -5.60. The Hall–Kier alpha value is -2.81. The average molecular weight is 648 g/mol. The smallest absolute Gasteiger partial charge is 0.478 e. The van der Waals surface area contributed by atoms with E-state index >= 15 is 0 Å². The molecule has 22 heteroatoms. The molecular formula is C21H26N6O14P2. The van der Waals surface area contributed by atoms with Crippen molar-refractivity contribution >= 4 is 32.7 Å². The van der Waals surface area contributed by atoms with Gasteiger partial charge in [-0.25, -0.2) is 23.8 Å². The molecule has 2 fully saturated rings. The third-order valence-electron chi connectivity index (χ3n) is 6.59. The second-order valence-corrected chi connectivity index (χ2v) is 12.5. The lowest BCUT2D eigenvalue weighted by Gasteiger charge is -2.26. The number of amides is 1. The molecule has 234 valence electrons. The van der Waals surface area contributed by atoms with Crippen molar-refractivity contribution in [2.24, 2.45) is 5.73 Å². The number of carbonyl (C=O) groups excluding carboxylic acids is 1. The molecule has 2 aliphatic heterocycles. The highest BCUT2D eigenvalue weighted by atomic mass is 31.3. The lowest BCUT2D eigenvalue weighted by atomic mass is 10.1. The van der Waals surface area contributed by atoms with Gasteiger partial charge >= 0.3 is 7.82 Å². The van der Waals surface area contributed by atoms with E-state index in [1.54, 1.807) is 0 Å². The van der Waals surface area contributed by atoms with E-state index < -0.39 is 83.8 Å². The van der Waals surface area contributed by atoms with Crippen molar-refractivity contribution in [3.05, 3.63) is 48.9 Å². The minimum Gasteiger partial charge on any atom is -0.756 e. The molecule has 0 radical (unpaired) electrons. The number of nitrogens with two attached hydrogens (primary N) is 1. The van der Waals surface area contributed by atoms with Crippen LogP contribution >= 0.6 is 15.6 Å². The average Bonchev–Trinajstić information content (AvgIpc) is 3.60. The number of carbonyl (C=O) groups is 1. The molecule has 0 aliphatic carbocycles. The maximum atomic E-state index is 12.4. The molecule has 2 unspecified atom stereocenters. The predicted octanol–water partition coefficient (Wildman–Crippen LogP) is -3.23. The summed E-state index contributed by atoms with van der Waals surface area (Å²) in [7, 11) is -11.0. The summed E-state index contributed by atoms with van der Waals surface area (Å²) in [6, 6.07) is 2.82. The molecule has 1 amide bonds. The molecule has 3 aromatic rings. The van der Waals surface area contributed by atoms with E-state index in [1.807, 2.05) is 0 Å². The third-order valence-corrected chi connectivity index (χ3v) is 9.16. The van der Waals surface area contributed by atoms with Gasteiger partial charge < -0.3 is 49.9 Å². The molecule has 0 aromatic carbocycles. The van der Waals surface area contributed by atoms with E-state index in [0.717, 1.165) is 0 Å². The van der Waals surface area contributed by atoms with Gasteiger partial charge in [-0.2, -0.15) is 4.57 Å². The molecule has 3 aromatic heterocycles. The monoisotopic (exact) mass is 648 g/mol. The fraction of sp³-hybridized carbons (Fsp3) is 0.476. The molecule has 5 rings (SSSR count). The second-order valence-electron chi connectivity index (χ2n) is 9.47. The topological polar surface area (TPSA) is 295 Å². The first-order valence-electron chi connectivity index (χ1n) is 12.4. The number of aliphatic hydroxyl groups is 4. The van der Waals surface area contributed by atoms with Gasteiger partial charge in [0.1, 0.15) is 47.9 Å². The van der Waals surface area contributed by atoms with Gasteiger partial charge in [-0.15, -0.1) is 0 Å². The standard InChI is InChI=1S/C21H26N6O14P2/c22-18(32)10-2-1-3-26(5-10)20-16(30)14(28)12(39-20)6-37-42(33,34)41-43(35,36)38-7-13-15(29)17(31)21(40-13)27-9-25-11-4-23-8-24-19(11)27/h1-5,8-9,12-17,20-21,28-31H,6-7H2,(H3-,22,32,33,34,35,36)/t12-,13-,14-,15-,16-,17-,20-,21-/m1/s1. The van der Waals surface area contributed by atoms with Gasteiger partial charge in [-0.3, -0.25) is 18.5 Å². The summed E-state index contributed by atoms with van der Waals surface area (Å²) in [5.74, 6) is -0.769. The Balaban J connectivity index is 1.15. The summed E-state index contributed by atoms with van der Waals surface area (Å²) < 4.78 is 51.6. The van der Waals surface area contributed by atoms with Gasteiger partial charge in [0, 0.05) is 6.07 Å². The maximum absolute atomic E-state index is 12.4. The van der Waals surface area contributed by atoms with E-state index in [4.69, 9.17) is 15.2 Å². The van der Waals surface area contributed by atoms with Crippen LogP contribution in [0.1, 0.15) is 22.8 Å². The highest BCUT2D eigenvalue weighted by molar-refractivity contribution is 7.60. The quantitative estimate of drug-likeness (QED) is 0.0879. The predicted molar refractivity (Wildman–Crippen MR) is 133 cm³/mol. The first-order chi connectivity index (χ1) is 20.3. The van der Waals surface area contributed by atoms with Crippen molar-refractivity contribution in [1.82, 2.24) is 19.5 Å². The number of nitrogens with zero attached hydrogens (tertiary/aromatic N) is 5. The van der Waals surface area contributed by atoms with Crippen LogP contribution < -0.4 is 15.2 Å². The van der Waals surface area contributed by atoms with E-state index in [9.17, 15) is 44.1 Å². The summed E-state index contributed by atoms with van der Waals surface area (Å²) in [6.45, 7) is -1.85. The van der Waals surface area contributed by atoms with Crippen LogP contribution in [0.4, 0.5) is 0 Å². The summed E-state index contributed by atoms with van der Waals surface area (Å²) in [5.41, 5.74) is 5.93. The number of pyridine rings is 1. The van der Waals surface area contributed by atoms with Crippen LogP contribution in [0.25, 0.3) is 11.2 Å². The first-order valence-corrected chi connectivity index (χ1v) is 15.3. The highest BCUT2D eigenvalue weighted by Gasteiger charge is 2.49. The molecule has 2 saturated heterocycles. The van der Waals surface area contributed by atoms with Crippen molar-refractivity contribution in [1.29, 1.82) is 0 Å². The van der Waals surface area contributed by atoms with Crippen molar-refractivity contribution < 1.29 is 71.5 Å². The molecule has 10 atom stereocenters. The number of ether oxygens (including phenoxy) is 2. The lowest BCUT2D eigenvalue weighted by molar-refractivity contribution is -0.765. The van der Waals surface area contributed by atoms with Crippen molar-refractivity contribution in [3.63, 3.8) is 0 Å². The van der Waals surface area contributed by atoms with Crippen LogP contribution in [0, 0.1) is 0 Å². The number of hydrogen-bond donors (Lipinski definition) is 6. The number of hydrogen-bond acceptors (Lipinski definition) is 16. The summed E-state index contributed by atoms with van der Waals surface area (Å²) in [5, 5.41) is 41.5. The van der Waals surface area contributed by atoms with E-state index in [1.165, 1.54) is 52.5 Å². The molecule has 0 spiro atoms. The summed E-state index contributed by atoms with van der Waals surface area (Å²) >= 11 is 0. The Labute approximate surface area is 241 Å². The van der Waals surface area contributed by atoms with Crippen molar-refractivity contribution in [2.45, 2.75) is 49.1 Å². The van der Waals surface area contributed by atoms with Crippen molar-refractivity contribution in [2.75, 3.05) is 13.2 Å². The number of primary amides is 1. The normalized spacial score (nSPS) is 32.0. The first kappa shape index (κ1) is 31.6. The Morgan fingerprint density at radius 2 is 1.77 bits per heavy atom. The van der Waals surface area contributed by atoms with Gasteiger partial charge in [-0.05, 0) is 6.07 Å². The fourth-order valence-electron chi connectivity index (χ4n) is 4.48. The zero-order valence-electron chi connectivity index (χ0n) is 21.7. The van der Waals surface area contributed by atoms with Crippen LogP contribution in [0.3, 0.4) is 0 Å². The van der Waals surface area contributed by atoms with Gasteiger partial charge in [0.05, 0.1) is 25.7 Å². The molecule has 0 saturated carbocycles. The summed E-state index contributed by atoms with van der Waals surface area (Å²) in [6.07, 6.45) is -5.29. The molecule has 2 aliphatic rings. The Bertz CT molecular complexity index is 1580. The number of imidazole rings is 1. The largest absolute Gasteiger partial charge is 0.756 e. The number of rotatable bonds is 11. The Morgan fingerprint density at radius 1 is 1.07 bits per heavy atom. The number of phosphoric ester groups is 2. The third kappa shape index (κ3) is 6.81. The summed E-state index contributed by atoms with van der Waals surface area (Å²) in [4.78, 5) is 45.6. The number of fused-ring (bicyclic) bond motifs is 1. The molecule has 7 N–H and O–H groups in total. The molecule has 20 nitrogen and oxygen atoms in total. The Kier molecular flexibility index (Phi) is 9.04. The maximum Gasteiger partial charge on any atom is 0.478 e. The molecule has 0 bridgehead atoms. The molecule has 5 heterocycles. The van der Waals surface area contributed by atoms with E-state index in [0.29, 0.717) is 5.52 Å². The molecule has 43 heavy (non-hydrogen) atoms. The zero-order valence-corrected chi connectivity index (χ0v) is 23.5. The SMILES string of the molecule is NC(=O)c1ccc[n+]([C@@H]2O[C@H](COP(=O)([O-])OP(=O)(O)OC[C@H]3O[C@@H](n4cnc5cncnc54)[C@H](O)[C@@H]3O)[C@@H](O)[C@H]2O)c1. The van der Waals surface area contributed by atoms with Crippen molar-refractivity contribution in [3.8, 4) is 0 Å². The zero-order chi connectivity index (χ0) is 31.1. The highest BCUT2D eigenvalue weighted by Crippen LogP contribution is 2.58. The lowest BCUT2D eigenvalue weighted by Crippen LogP contribution is -2.46. The van der Waals surface area contributed by atoms with Gasteiger partial charge in [0.2, 0.25) is 0 Å². The number of phosphoric acid groups is 2. The Morgan fingerprint density at radius 3 is 2.51 bits per heavy atom. The van der Waals surface area contributed by atoms with Gasteiger partial charge in [-0.1, -0.05) is 0 Å². The minimum absolute atomic E-state index is 0.0639. The number of aromatic nitrogens is 5. The van der Waals surface area contributed by atoms with Crippen LogP contribution in [0.15, 0.2) is 43.4 Å².